The molecule has 0 radical (unpaired) electrons. The molecular weight excluding hydrogens is 278 g/mol. The molecule has 0 aromatic heterocycles. The fraction of sp³-hybridized carbons (Fsp3) is 0.368. The summed E-state index contributed by atoms with van der Waals surface area (Å²) in [5.74, 6) is 0. The molecule has 2 atom stereocenters. The van der Waals surface area contributed by atoms with Gasteiger partial charge >= 0.3 is 0 Å². The molecule has 2 unspecified atom stereocenters. The maximum absolute atomic E-state index is 6.10. The minimum absolute atomic E-state index is 0.507. The Kier molecular flexibility index (Phi) is 3.48. The molecule has 21 heavy (non-hydrogen) atoms. The van der Waals surface area contributed by atoms with E-state index in [4.69, 9.17) is 11.6 Å². The predicted octanol–water partition coefficient (Wildman–Crippen LogP) is 4.47. The van der Waals surface area contributed by atoms with Gasteiger partial charge in [-0.05, 0) is 66.5 Å². The summed E-state index contributed by atoms with van der Waals surface area (Å²) in [6.07, 6.45) is 5.96. The third kappa shape index (κ3) is 2.61. The Morgan fingerprint density at radius 1 is 0.905 bits per heavy atom. The van der Waals surface area contributed by atoms with E-state index in [-0.39, 0.29) is 0 Å². The van der Waals surface area contributed by atoms with Gasteiger partial charge in [0.1, 0.15) is 0 Å². The molecule has 2 aliphatic rings. The average Bonchev–Trinajstić information content (AvgIpc) is 2.89. The number of hydrogen-bond acceptors (Lipinski definition) is 1. The molecule has 0 saturated carbocycles. The second-order valence-corrected chi connectivity index (χ2v) is 6.75. The maximum Gasteiger partial charge on any atom is 0.0408 e. The Labute approximate surface area is 131 Å². The van der Waals surface area contributed by atoms with Crippen LogP contribution in [0.1, 0.15) is 41.1 Å². The highest BCUT2D eigenvalue weighted by atomic mass is 35.5. The Bertz CT molecular complexity index is 664. The smallest absolute Gasteiger partial charge is 0.0408 e. The van der Waals surface area contributed by atoms with E-state index in [1.54, 1.807) is 0 Å². The molecule has 0 fully saturated rings. The van der Waals surface area contributed by atoms with E-state index in [0.29, 0.717) is 12.1 Å². The third-order valence-electron chi connectivity index (χ3n) is 4.97. The number of hydrogen-bond donors (Lipinski definition) is 1. The Morgan fingerprint density at radius 3 is 2.62 bits per heavy atom. The van der Waals surface area contributed by atoms with Crippen molar-refractivity contribution in [1.82, 2.24) is 5.32 Å². The highest BCUT2D eigenvalue weighted by molar-refractivity contribution is 6.30. The highest BCUT2D eigenvalue weighted by Gasteiger charge is 2.26. The number of halogens is 1. The summed E-state index contributed by atoms with van der Waals surface area (Å²) in [4.78, 5) is 0. The monoisotopic (exact) mass is 297 g/mol. The normalized spacial score (nSPS) is 23.7. The molecule has 1 N–H and O–H groups in total. The van der Waals surface area contributed by atoms with Crippen LogP contribution in [-0.4, -0.2) is 6.04 Å². The molecule has 4 rings (SSSR count). The van der Waals surface area contributed by atoms with Gasteiger partial charge in [0.15, 0.2) is 0 Å². The van der Waals surface area contributed by atoms with Gasteiger partial charge in [0.25, 0.3) is 0 Å². The van der Waals surface area contributed by atoms with Crippen molar-refractivity contribution < 1.29 is 0 Å². The predicted molar refractivity (Wildman–Crippen MR) is 87.9 cm³/mol. The van der Waals surface area contributed by atoms with Crippen molar-refractivity contribution in [3.05, 3.63) is 69.7 Å². The van der Waals surface area contributed by atoms with Gasteiger partial charge in [-0.15, -0.1) is 0 Å². The number of rotatable bonds is 2. The quantitative estimate of drug-likeness (QED) is 0.862. The van der Waals surface area contributed by atoms with Gasteiger partial charge in [-0.3, -0.25) is 0 Å². The van der Waals surface area contributed by atoms with Crippen LogP contribution in [0.2, 0.25) is 5.02 Å². The largest absolute Gasteiger partial charge is 0.307 e. The molecule has 0 bridgehead atoms. The van der Waals surface area contributed by atoms with E-state index < -0.39 is 0 Å². The van der Waals surface area contributed by atoms with Gasteiger partial charge in [-0.2, -0.15) is 0 Å². The first-order valence-electron chi connectivity index (χ1n) is 7.91. The van der Waals surface area contributed by atoms with Gasteiger partial charge < -0.3 is 5.32 Å². The topological polar surface area (TPSA) is 12.0 Å². The van der Waals surface area contributed by atoms with Crippen molar-refractivity contribution in [3.8, 4) is 0 Å². The van der Waals surface area contributed by atoms with Crippen LogP contribution in [0.4, 0.5) is 0 Å². The lowest BCUT2D eigenvalue weighted by Crippen LogP contribution is -2.36. The van der Waals surface area contributed by atoms with Crippen molar-refractivity contribution >= 4 is 11.6 Å². The Morgan fingerprint density at radius 2 is 1.71 bits per heavy atom. The minimum Gasteiger partial charge on any atom is -0.307 e. The van der Waals surface area contributed by atoms with Crippen molar-refractivity contribution in [2.75, 3.05) is 0 Å². The van der Waals surface area contributed by atoms with Gasteiger partial charge in [-0.1, -0.05) is 41.9 Å². The van der Waals surface area contributed by atoms with Gasteiger partial charge in [0.2, 0.25) is 0 Å². The number of fused-ring (bicyclic) bond motifs is 2. The van der Waals surface area contributed by atoms with E-state index >= 15 is 0 Å². The third-order valence-corrected chi connectivity index (χ3v) is 5.20. The maximum atomic E-state index is 6.10. The molecule has 2 aromatic carbocycles. The van der Waals surface area contributed by atoms with Crippen LogP contribution in [-0.2, 0) is 19.3 Å². The summed E-state index contributed by atoms with van der Waals surface area (Å²) in [6.45, 7) is 0. The average molecular weight is 298 g/mol. The Hall–Kier alpha value is -1.31. The highest BCUT2D eigenvalue weighted by Crippen LogP contribution is 2.34. The zero-order valence-electron chi connectivity index (χ0n) is 12.1. The fourth-order valence-corrected chi connectivity index (χ4v) is 4.08. The molecule has 108 valence electrons. The number of aryl methyl sites for hydroxylation is 2. The summed E-state index contributed by atoms with van der Waals surface area (Å²) < 4.78 is 0. The fourth-order valence-electron chi connectivity index (χ4n) is 3.88. The van der Waals surface area contributed by atoms with Crippen LogP contribution in [0.25, 0.3) is 0 Å². The lowest BCUT2D eigenvalue weighted by Gasteiger charge is -2.28. The van der Waals surface area contributed by atoms with Crippen LogP contribution in [0, 0.1) is 0 Å². The molecule has 0 amide bonds. The molecule has 0 saturated heterocycles. The molecule has 0 heterocycles. The zero-order chi connectivity index (χ0) is 14.2. The number of benzene rings is 2. The SMILES string of the molecule is Clc1ccc2c(c1)CCC2NC1CCc2ccccc2C1. The molecule has 0 spiro atoms. The van der Waals surface area contributed by atoms with E-state index in [1.807, 2.05) is 6.07 Å². The van der Waals surface area contributed by atoms with Crippen LogP contribution < -0.4 is 5.32 Å². The van der Waals surface area contributed by atoms with Gasteiger partial charge in [0.05, 0.1) is 0 Å². The van der Waals surface area contributed by atoms with Crippen LogP contribution in [0.3, 0.4) is 0 Å². The summed E-state index contributed by atoms with van der Waals surface area (Å²) >= 11 is 6.10. The molecule has 0 aliphatic heterocycles. The zero-order valence-corrected chi connectivity index (χ0v) is 12.9. The van der Waals surface area contributed by atoms with E-state index in [0.717, 1.165) is 17.9 Å². The molecule has 2 aliphatic carbocycles. The van der Waals surface area contributed by atoms with Gasteiger partial charge in [-0.25, -0.2) is 0 Å². The number of nitrogens with one attached hydrogen (secondary N) is 1. The molecule has 2 aromatic rings. The van der Waals surface area contributed by atoms with Crippen LogP contribution >= 0.6 is 11.6 Å². The second-order valence-electron chi connectivity index (χ2n) is 6.31. The van der Waals surface area contributed by atoms with E-state index in [9.17, 15) is 0 Å². The molecule has 1 nitrogen and oxygen atoms in total. The molecular formula is C19H20ClN. The van der Waals surface area contributed by atoms with Crippen LogP contribution in [0.15, 0.2) is 42.5 Å². The summed E-state index contributed by atoms with van der Waals surface area (Å²) in [7, 11) is 0. The lowest BCUT2D eigenvalue weighted by atomic mass is 9.88. The first-order valence-corrected chi connectivity index (χ1v) is 8.28. The van der Waals surface area contributed by atoms with Crippen molar-refractivity contribution in [3.63, 3.8) is 0 Å². The first-order chi connectivity index (χ1) is 10.3. The van der Waals surface area contributed by atoms with Crippen molar-refractivity contribution in [2.45, 2.75) is 44.2 Å². The second kappa shape index (κ2) is 5.47. The molecule has 2 heteroatoms. The summed E-state index contributed by atoms with van der Waals surface area (Å²) in [6, 6.07) is 16.4. The minimum atomic E-state index is 0.507. The van der Waals surface area contributed by atoms with Crippen molar-refractivity contribution in [1.29, 1.82) is 0 Å². The standard InChI is InChI=1S/C19H20ClN/c20-16-7-9-18-15(11-16)6-10-19(18)21-17-8-5-13-3-1-2-4-14(13)12-17/h1-4,7,9,11,17,19,21H,5-6,8,10,12H2. The Balaban J connectivity index is 1.49. The summed E-state index contributed by atoms with van der Waals surface area (Å²) in [5.41, 5.74) is 5.94. The van der Waals surface area contributed by atoms with Crippen LogP contribution in [0.5, 0.6) is 0 Å². The first kappa shape index (κ1) is 13.4. The van der Waals surface area contributed by atoms with Gasteiger partial charge in [0, 0.05) is 17.1 Å². The van der Waals surface area contributed by atoms with E-state index in [1.165, 1.54) is 41.5 Å². The lowest BCUT2D eigenvalue weighted by molar-refractivity contribution is 0.397. The van der Waals surface area contributed by atoms with Crippen molar-refractivity contribution in [2.24, 2.45) is 0 Å². The van der Waals surface area contributed by atoms with E-state index in [2.05, 4.69) is 41.7 Å². The summed E-state index contributed by atoms with van der Waals surface area (Å²) in [5, 5.41) is 4.75.